The van der Waals surface area contributed by atoms with Crippen LogP contribution < -0.4 is 10.6 Å². The molecule has 3 heterocycles. The van der Waals surface area contributed by atoms with Gasteiger partial charge in [-0.1, -0.05) is 0 Å². The second-order valence-electron chi connectivity index (χ2n) is 9.05. The molecule has 1 aliphatic carbocycles. The molecule has 4 rings (SSSR count). The van der Waals surface area contributed by atoms with Crippen molar-refractivity contribution in [2.45, 2.75) is 45.1 Å². The number of rotatable bonds is 7. The van der Waals surface area contributed by atoms with Crippen LogP contribution in [-0.4, -0.2) is 59.6 Å². The number of hydrogen-bond donors (Lipinski definition) is 2. The highest BCUT2D eigenvalue weighted by molar-refractivity contribution is 6.06. The van der Waals surface area contributed by atoms with Crippen molar-refractivity contribution < 1.29 is 18.8 Å². The number of Topliss-reactive ketones (excluding diaryl/α,β-unsaturated/α-hetero) is 1. The summed E-state index contributed by atoms with van der Waals surface area (Å²) in [7, 11) is 0. The van der Waals surface area contributed by atoms with E-state index >= 15 is 0 Å². The number of nitrogens with zero attached hydrogens (tertiary/aromatic N) is 4. The van der Waals surface area contributed by atoms with E-state index in [0.717, 1.165) is 25.7 Å². The highest BCUT2D eigenvalue weighted by Crippen LogP contribution is 2.37. The minimum Gasteiger partial charge on any atom is -0.472 e. The monoisotopic (exact) mass is 488 g/mol. The summed E-state index contributed by atoms with van der Waals surface area (Å²) < 4.78 is 5.21. The Morgan fingerprint density at radius 3 is 2.56 bits per heavy atom. The molecule has 36 heavy (non-hydrogen) atoms. The maximum Gasteiger partial charge on any atom is 0.245 e. The van der Waals surface area contributed by atoms with Crippen LogP contribution in [0.15, 0.2) is 40.5 Å². The molecule has 10 nitrogen and oxygen atoms in total. The fourth-order valence-corrected chi connectivity index (χ4v) is 4.74. The average Bonchev–Trinajstić information content (AvgIpc) is 3.50. The minimum absolute atomic E-state index is 0.0122. The SMILES string of the molecule is CC(=O)c1cc2coccc-2c1NC(N[C@H]1CCCCN(CC(=O)N2CCCC2)C1=O)=C(C#N)C#N. The van der Waals surface area contributed by atoms with Gasteiger partial charge in [-0.15, -0.1) is 0 Å². The molecule has 0 aromatic heterocycles. The van der Waals surface area contributed by atoms with Gasteiger partial charge in [-0.05, 0) is 51.2 Å². The number of ketones is 1. The predicted molar refractivity (Wildman–Crippen MR) is 130 cm³/mol. The van der Waals surface area contributed by atoms with E-state index in [1.807, 2.05) is 12.1 Å². The van der Waals surface area contributed by atoms with Gasteiger partial charge in [-0.25, -0.2) is 0 Å². The third-order valence-corrected chi connectivity index (χ3v) is 6.64. The molecule has 2 fully saturated rings. The number of carbonyl (C=O) groups is 3. The Labute approximate surface area is 209 Å². The Bertz CT molecular complexity index is 1230. The first-order chi connectivity index (χ1) is 17.4. The summed E-state index contributed by atoms with van der Waals surface area (Å²) in [4.78, 5) is 41.8. The van der Waals surface area contributed by atoms with Crippen LogP contribution in [0, 0.1) is 22.7 Å². The molecule has 0 bridgehead atoms. The third-order valence-electron chi connectivity index (χ3n) is 6.64. The van der Waals surface area contributed by atoms with E-state index < -0.39 is 6.04 Å². The summed E-state index contributed by atoms with van der Waals surface area (Å²) in [5.74, 6) is -0.486. The van der Waals surface area contributed by atoms with Crippen molar-refractivity contribution in [2.24, 2.45) is 0 Å². The first-order valence-electron chi connectivity index (χ1n) is 12.1. The summed E-state index contributed by atoms with van der Waals surface area (Å²) in [5.41, 5.74) is 1.88. The Morgan fingerprint density at radius 2 is 1.86 bits per heavy atom. The van der Waals surface area contributed by atoms with Gasteiger partial charge in [0.1, 0.15) is 24.0 Å². The largest absolute Gasteiger partial charge is 0.472 e. The van der Waals surface area contributed by atoms with Crippen molar-refractivity contribution in [3.63, 3.8) is 0 Å². The van der Waals surface area contributed by atoms with Crippen LogP contribution in [0.2, 0.25) is 0 Å². The summed E-state index contributed by atoms with van der Waals surface area (Å²) in [6.45, 7) is 3.34. The minimum atomic E-state index is -0.741. The molecule has 10 heteroatoms. The number of amides is 2. The average molecular weight is 489 g/mol. The van der Waals surface area contributed by atoms with Gasteiger partial charge in [-0.3, -0.25) is 14.4 Å². The van der Waals surface area contributed by atoms with Gasteiger partial charge in [0.25, 0.3) is 0 Å². The predicted octanol–water partition coefficient (Wildman–Crippen LogP) is 2.85. The normalized spacial score (nSPS) is 17.8. The van der Waals surface area contributed by atoms with Gasteiger partial charge in [0.15, 0.2) is 11.4 Å². The van der Waals surface area contributed by atoms with Crippen molar-refractivity contribution in [1.82, 2.24) is 15.1 Å². The van der Waals surface area contributed by atoms with Gasteiger partial charge in [0.2, 0.25) is 11.8 Å². The van der Waals surface area contributed by atoms with Crippen LogP contribution in [-0.2, 0) is 9.59 Å². The molecule has 0 saturated carbocycles. The maximum absolute atomic E-state index is 13.4. The van der Waals surface area contributed by atoms with E-state index in [1.54, 1.807) is 21.9 Å². The molecular weight excluding hydrogens is 460 g/mol. The highest BCUT2D eigenvalue weighted by Gasteiger charge is 2.31. The first-order valence-corrected chi connectivity index (χ1v) is 12.1. The second kappa shape index (κ2) is 11.0. The molecule has 0 aromatic rings. The molecule has 2 saturated heterocycles. The summed E-state index contributed by atoms with van der Waals surface area (Å²) in [6, 6.07) is 6.34. The lowest BCUT2D eigenvalue weighted by Crippen LogP contribution is -2.49. The van der Waals surface area contributed by atoms with Crippen LogP contribution in [0.25, 0.3) is 11.1 Å². The van der Waals surface area contributed by atoms with Crippen LogP contribution in [0.5, 0.6) is 0 Å². The number of nitrogens with one attached hydrogen (secondary N) is 2. The fourth-order valence-electron chi connectivity index (χ4n) is 4.74. The standard InChI is InChI=1S/C26H28N6O4/c1-17(33)21-12-18-16-36-11-7-20(18)24(21)30-25(19(13-27)14-28)29-22-6-2-3-10-32(26(22)35)15-23(34)31-8-4-5-9-31/h7,11-12,16,22,29-30H,2-6,8-10,15H2,1H3/t22-/m0/s1. The summed E-state index contributed by atoms with van der Waals surface area (Å²) in [5, 5.41) is 25.4. The summed E-state index contributed by atoms with van der Waals surface area (Å²) >= 11 is 0. The highest BCUT2D eigenvalue weighted by atomic mass is 16.3. The van der Waals surface area contributed by atoms with Gasteiger partial charge in [0, 0.05) is 36.3 Å². The molecule has 3 aliphatic heterocycles. The van der Waals surface area contributed by atoms with Gasteiger partial charge in [-0.2, -0.15) is 10.5 Å². The zero-order valence-corrected chi connectivity index (χ0v) is 20.2. The van der Waals surface area contributed by atoms with E-state index in [9.17, 15) is 24.9 Å². The van der Waals surface area contributed by atoms with Crippen molar-refractivity contribution in [3.8, 4) is 23.3 Å². The number of likely N-dealkylation sites (tertiary alicyclic amines) is 2. The van der Waals surface area contributed by atoms with Crippen molar-refractivity contribution in [1.29, 1.82) is 10.5 Å². The van der Waals surface area contributed by atoms with Gasteiger partial charge in [0.05, 0.1) is 24.8 Å². The molecule has 2 N–H and O–H groups in total. The smallest absolute Gasteiger partial charge is 0.245 e. The quantitative estimate of drug-likeness (QED) is 0.447. The second-order valence-corrected chi connectivity index (χ2v) is 9.05. The zero-order valence-electron chi connectivity index (χ0n) is 20.2. The molecular formula is C26H28N6O4. The lowest BCUT2D eigenvalue weighted by molar-refractivity contribution is -0.140. The Morgan fingerprint density at radius 1 is 1.14 bits per heavy atom. The molecule has 4 aliphatic rings. The first kappa shape index (κ1) is 24.8. The molecule has 186 valence electrons. The molecule has 1 atom stereocenters. The Balaban J connectivity index is 1.60. The Hall–Kier alpha value is -4.31. The van der Waals surface area contributed by atoms with E-state index in [1.165, 1.54) is 19.5 Å². The molecule has 2 amide bonds. The van der Waals surface area contributed by atoms with Gasteiger partial charge >= 0.3 is 0 Å². The molecule has 0 unspecified atom stereocenters. The van der Waals surface area contributed by atoms with Crippen LogP contribution in [0.4, 0.5) is 5.69 Å². The lowest BCUT2D eigenvalue weighted by atomic mass is 10.1. The number of fused-ring (bicyclic) bond motifs is 1. The van der Waals surface area contributed by atoms with Crippen LogP contribution >= 0.6 is 0 Å². The van der Waals surface area contributed by atoms with Crippen LogP contribution in [0.1, 0.15) is 49.4 Å². The number of carbonyl (C=O) groups excluding carboxylic acids is 3. The van der Waals surface area contributed by atoms with E-state index in [0.29, 0.717) is 48.4 Å². The fraction of sp³-hybridized carbons (Fsp3) is 0.423. The number of nitriles is 2. The van der Waals surface area contributed by atoms with Crippen molar-refractivity contribution >= 4 is 23.3 Å². The molecule has 0 spiro atoms. The number of hydrogen-bond acceptors (Lipinski definition) is 8. The Kier molecular flexibility index (Phi) is 7.55. The summed E-state index contributed by atoms with van der Waals surface area (Å²) in [6.07, 6.45) is 6.88. The van der Waals surface area contributed by atoms with E-state index in [2.05, 4.69) is 10.6 Å². The zero-order chi connectivity index (χ0) is 25.7. The molecule has 0 radical (unpaired) electrons. The van der Waals surface area contributed by atoms with Gasteiger partial charge < -0.3 is 24.9 Å². The third kappa shape index (κ3) is 5.18. The van der Waals surface area contributed by atoms with Crippen molar-refractivity contribution in [3.05, 3.63) is 41.6 Å². The number of allylic oxidation sites excluding steroid dienone is 1. The van der Waals surface area contributed by atoms with E-state index in [-0.39, 0.29) is 35.5 Å². The maximum atomic E-state index is 13.4. The topological polar surface area (TPSA) is 142 Å². The lowest BCUT2D eigenvalue weighted by Gasteiger charge is -2.28. The van der Waals surface area contributed by atoms with Crippen LogP contribution in [0.3, 0.4) is 0 Å². The number of anilines is 1. The van der Waals surface area contributed by atoms with Crippen molar-refractivity contribution in [2.75, 3.05) is 31.5 Å². The van der Waals surface area contributed by atoms with E-state index in [4.69, 9.17) is 4.42 Å². The molecule has 0 aromatic carbocycles.